The first-order valence-electron chi connectivity index (χ1n) is 9.49. The van der Waals surface area contributed by atoms with E-state index in [1.165, 1.54) is 30.2 Å². The number of hydrogen-bond donors (Lipinski definition) is 1. The van der Waals surface area contributed by atoms with Crippen molar-refractivity contribution in [3.63, 3.8) is 0 Å². The minimum atomic E-state index is -0.0525. The van der Waals surface area contributed by atoms with Gasteiger partial charge in [-0.2, -0.15) is 0 Å². The lowest BCUT2D eigenvalue weighted by atomic mass is 10.1. The predicted molar refractivity (Wildman–Crippen MR) is 115 cm³/mol. The number of benzene rings is 2. The summed E-state index contributed by atoms with van der Waals surface area (Å²) in [5.41, 5.74) is 3.94. The largest absolute Gasteiger partial charge is 0.325 e. The minimum Gasteiger partial charge on any atom is -0.325 e. The van der Waals surface area contributed by atoms with E-state index in [1.54, 1.807) is 0 Å². The van der Waals surface area contributed by atoms with E-state index >= 15 is 0 Å². The number of thioether (sulfide) groups is 1. The molecule has 0 spiro atoms. The Labute approximate surface area is 168 Å². The highest BCUT2D eigenvalue weighted by molar-refractivity contribution is 7.99. The lowest BCUT2D eigenvalue weighted by Gasteiger charge is -2.07. The van der Waals surface area contributed by atoms with Crippen molar-refractivity contribution >= 4 is 39.9 Å². The summed E-state index contributed by atoms with van der Waals surface area (Å²) in [5.74, 6) is 0.227. The van der Waals surface area contributed by atoms with Crippen molar-refractivity contribution in [1.29, 1.82) is 0 Å². The molecule has 2 aromatic carbocycles. The number of carbonyl (C=O) groups excluding carboxylic acids is 1. The second kappa shape index (κ2) is 8.44. The van der Waals surface area contributed by atoms with Crippen LogP contribution in [-0.2, 0) is 11.2 Å². The summed E-state index contributed by atoms with van der Waals surface area (Å²) in [6.07, 6.45) is 3.44. The molecule has 142 valence electrons. The second-order valence-electron chi connectivity index (χ2n) is 6.71. The van der Waals surface area contributed by atoms with E-state index in [-0.39, 0.29) is 11.7 Å². The van der Waals surface area contributed by atoms with Gasteiger partial charge in [0.05, 0.1) is 11.3 Å². The molecule has 2 heterocycles. The quantitative estimate of drug-likeness (QED) is 0.453. The fourth-order valence-corrected chi connectivity index (χ4v) is 3.92. The molecule has 0 aliphatic carbocycles. The monoisotopic (exact) mass is 390 g/mol. The van der Waals surface area contributed by atoms with Gasteiger partial charge in [0.25, 0.3) is 0 Å². The van der Waals surface area contributed by atoms with Crippen molar-refractivity contribution < 1.29 is 4.79 Å². The van der Waals surface area contributed by atoms with E-state index in [9.17, 15) is 4.79 Å². The van der Waals surface area contributed by atoms with Gasteiger partial charge in [0.15, 0.2) is 10.8 Å². The molecule has 4 aromatic rings. The lowest BCUT2D eigenvalue weighted by molar-refractivity contribution is -0.113. The first-order valence-corrected chi connectivity index (χ1v) is 10.5. The number of para-hydroxylation sites is 1. The van der Waals surface area contributed by atoms with E-state index in [0.29, 0.717) is 0 Å². The Balaban J connectivity index is 1.43. The third-order valence-corrected chi connectivity index (χ3v) is 5.57. The number of carbonyl (C=O) groups is 1. The normalized spacial score (nSPS) is 11.2. The number of aromatic nitrogens is 3. The van der Waals surface area contributed by atoms with Crippen LogP contribution in [0.4, 0.5) is 5.69 Å². The van der Waals surface area contributed by atoms with Gasteiger partial charge in [-0.1, -0.05) is 55.4 Å². The zero-order chi connectivity index (χ0) is 19.3. The minimum absolute atomic E-state index is 0.0525. The van der Waals surface area contributed by atoms with E-state index in [4.69, 9.17) is 0 Å². The van der Waals surface area contributed by atoms with Crippen LogP contribution in [0.5, 0.6) is 0 Å². The number of amides is 1. The highest BCUT2D eigenvalue weighted by Crippen LogP contribution is 2.23. The van der Waals surface area contributed by atoms with Gasteiger partial charge < -0.3 is 5.32 Å². The van der Waals surface area contributed by atoms with Gasteiger partial charge in [0.1, 0.15) is 0 Å². The van der Waals surface area contributed by atoms with Gasteiger partial charge in [0.2, 0.25) is 5.91 Å². The number of aryl methyl sites for hydroxylation is 1. The van der Waals surface area contributed by atoms with E-state index in [0.717, 1.165) is 33.8 Å². The molecule has 0 unspecified atom stereocenters. The summed E-state index contributed by atoms with van der Waals surface area (Å²) in [4.78, 5) is 12.4. The van der Waals surface area contributed by atoms with Gasteiger partial charge in [-0.05, 0) is 54.1 Å². The topological polar surface area (TPSA) is 59.3 Å². The zero-order valence-electron chi connectivity index (χ0n) is 15.8. The van der Waals surface area contributed by atoms with Crippen LogP contribution < -0.4 is 5.32 Å². The molecule has 0 radical (unpaired) electrons. The van der Waals surface area contributed by atoms with Crippen molar-refractivity contribution in [2.45, 2.75) is 31.3 Å². The van der Waals surface area contributed by atoms with Crippen molar-refractivity contribution in [3.05, 3.63) is 66.2 Å². The van der Waals surface area contributed by atoms with Gasteiger partial charge in [-0.25, -0.2) is 0 Å². The highest BCUT2D eigenvalue weighted by Gasteiger charge is 2.11. The molecule has 0 bridgehead atoms. The average Bonchev–Trinajstić information content (AvgIpc) is 3.15. The Morgan fingerprint density at radius 1 is 1.04 bits per heavy atom. The molecule has 4 rings (SSSR count). The average molecular weight is 391 g/mol. The summed E-state index contributed by atoms with van der Waals surface area (Å²) in [7, 11) is 0. The third-order valence-electron chi connectivity index (χ3n) is 4.64. The molecule has 2 aromatic heterocycles. The van der Waals surface area contributed by atoms with Crippen LogP contribution in [-0.4, -0.2) is 26.3 Å². The number of unbranched alkanes of at least 4 members (excludes halogenated alkanes) is 1. The maximum absolute atomic E-state index is 12.4. The van der Waals surface area contributed by atoms with Crippen LogP contribution in [0.1, 0.15) is 25.3 Å². The smallest absolute Gasteiger partial charge is 0.234 e. The molecule has 0 aliphatic heterocycles. The summed E-state index contributed by atoms with van der Waals surface area (Å²) in [5, 5.41) is 13.3. The predicted octanol–water partition coefficient (Wildman–Crippen LogP) is 4.96. The van der Waals surface area contributed by atoms with Crippen molar-refractivity contribution in [3.8, 4) is 0 Å². The molecule has 28 heavy (non-hydrogen) atoms. The maximum Gasteiger partial charge on any atom is 0.234 e. The van der Waals surface area contributed by atoms with E-state index < -0.39 is 0 Å². The Bertz CT molecular complexity index is 1100. The van der Waals surface area contributed by atoms with E-state index in [2.05, 4.69) is 40.6 Å². The summed E-state index contributed by atoms with van der Waals surface area (Å²) >= 11 is 1.39. The molecule has 1 amide bonds. The standard InChI is InChI=1S/C22H22N4OS/c1-2-3-6-16-9-12-18(13-10-16)23-21(27)15-28-22-25-24-20-14-11-17-7-4-5-8-19(17)26(20)22/h4-5,7-14H,2-3,6,15H2,1H3,(H,23,27). The molecular weight excluding hydrogens is 368 g/mol. The number of rotatable bonds is 7. The maximum atomic E-state index is 12.4. The van der Waals surface area contributed by atoms with Crippen LogP contribution in [0.15, 0.2) is 65.8 Å². The highest BCUT2D eigenvalue weighted by atomic mass is 32.2. The number of nitrogens with zero attached hydrogens (tertiary/aromatic N) is 3. The summed E-state index contributed by atoms with van der Waals surface area (Å²) in [6, 6.07) is 20.2. The Hall–Kier alpha value is -2.86. The second-order valence-corrected chi connectivity index (χ2v) is 7.65. The molecule has 0 fully saturated rings. The van der Waals surface area contributed by atoms with Crippen LogP contribution in [0, 0.1) is 0 Å². The van der Waals surface area contributed by atoms with Gasteiger partial charge in [-0.3, -0.25) is 9.20 Å². The van der Waals surface area contributed by atoms with Gasteiger partial charge >= 0.3 is 0 Å². The van der Waals surface area contributed by atoms with Crippen LogP contribution >= 0.6 is 11.8 Å². The molecule has 0 saturated carbocycles. The van der Waals surface area contributed by atoms with Gasteiger partial charge in [0, 0.05) is 5.69 Å². The fourth-order valence-electron chi connectivity index (χ4n) is 3.17. The number of nitrogens with one attached hydrogen (secondary N) is 1. The fraction of sp³-hybridized carbons (Fsp3) is 0.227. The summed E-state index contributed by atoms with van der Waals surface area (Å²) in [6.45, 7) is 2.19. The Morgan fingerprint density at radius 3 is 2.68 bits per heavy atom. The lowest BCUT2D eigenvalue weighted by Crippen LogP contribution is -2.14. The van der Waals surface area contributed by atoms with E-state index in [1.807, 2.05) is 46.9 Å². The number of fused-ring (bicyclic) bond motifs is 3. The Morgan fingerprint density at radius 2 is 1.86 bits per heavy atom. The van der Waals surface area contributed by atoms with Crippen LogP contribution in [0.2, 0.25) is 0 Å². The molecule has 6 heteroatoms. The van der Waals surface area contributed by atoms with Crippen LogP contribution in [0.25, 0.3) is 16.6 Å². The molecule has 0 saturated heterocycles. The molecule has 0 atom stereocenters. The van der Waals surface area contributed by atoms with Gasteiger partial charge in [-0.15, -0.1) is 10.2 Å². The number of hydrogen-bond acceptors (Lipinski definition) is 4. The number of pyridine rings is 1. The molecule has 5 nitrogen and oxygen atoms in total. The molecular formula is C22H22N4OS. The SMILES string of the molecule is CCCCc1ccc(NC(=O)CSc2nnc3ccc4ccccc4n23)cc1. The summed E-state index contributed by atoms with van der Waals surface area (Å²) < 4.78 is 2.00. The Kier molecular flexibility index (Phi) is 5.58. The molecule has 1 N–H and O–H groups in total. The molecule has 0 aliphatic rings. The zero-order valence-corrected chi connectivity index (χ0v) is 16.6. The van der Waals surface area contributed by atoms with Crippen molar-refractivity contribution in [2.24, 2.45) is 0 Å². The first-order chi connectivity index (χ1) is 13.7. The van der Waals surface area contributed by atoms with Crippen LogP contribution in [0.3, 0.4) is 0 Å². The third kappa shape index (κ3) is 4.02. The first kappa shape index (κ1) is 18.5. The van der Waals surface area contributed by atoms with Crippen molar-refractivity contribution in [2.75, 3.05) is 11.1 Å². The number of anilines is 1. The van der Waals surface area contributed by atoms with Crippen molar-refractivity contribution in [1.82, 2.24) is 14.6 Å².